The lowest BCUT2D eigenvalue weighted by Gasteiger charge is -2.25. The molecular weight excluding hydrogens is 126 g/mol. The molecule has 1 atom stereocenters. The average molecular weight is 145 g/mol. The Hall–Kier alpha value is -0.0800. The van der Waals surface area contributed by atoms with E-state index in [0.29, 0.717) is 6.54 Å². The van der Waals surface area contributed by atoms with Gasteiger partial charge < -0.3 is 10.5 Å². The molecule has 0 amide bonds. The van der Waals surface area contributed by atoms with Gasteiger partial charge in [0.1, 0.15) is 0 Å². The Morgan fingerprint density at radius 2 is 2.10 bits per heavy atom. The van der Waals surface area contributed by atoms with Gasteiger partial charge in [-0.3, -0.25) is 0 Å². The number of hydrogen-bond donors (Lipinski definition) is 1. The first-order chi connectivity index (χ1) is 4.68. The summed E-state index contributed by atoms with van der Waals surface area (Å²) in [5.74, 6) is 0. The number of methoxy groups -OCH3 is 1. The Bertz CT molecular complexity index is 79.3. The Kier molecular flexibility index (Phi) is 4.65. The molecule has 2 N–H and O–H groups in total. The van der Waals surface area contributed by atoms with E-state index in [9.17, 15) is 0 Å². The maximum atomic E-state index is 5.53. The lowest BCUT2D eigenvalue weighted by molar-refractivity contribution is 0.00509. The van der Waals surface area contributed by atoms with E-state index in [0.717, 1.165) is 6.42 Å². The summed E-state index contributed by atoms with van der Waals surface area (Å²) in [6, 6.07) is 0. The molecule has 0 unspecified atom stereocenters. The second-order valence-corrected chi connectivity index (χ2v) is 2.96. The first-order valence-corrected chi connectivity index (χ1v) is 3.93. The molecule has 2 heteroatoms. The number of unbranched alkanes of at least 4 members (excludes halogenated alkanes) is 1. The lowest BCUT2D eigenvalue weighted by Crippen LogP contribution is -2.36. The quantitative estimate of drug-likeness (QED) is 0.637. The number of hydrogen-bond acceptors (Lipinski definition) is 2. The van der Waals surface area contributed by atoms with Crippen molar-refractivity contribution in [3.63, 3.8) is 0 Å². The third-order valence-corrected chi connectivity index (χ3v) is 1.98. The maximum absolute atomic E-state index is 5.53. The SMILES string of the molecule is CCCC[C@@](C)(CN)OC. The van der Waals surface area contributed by atoms with Crippen LogP contribution in [-0.2, 0) is 4.74 Å². The fraction of sp³-hybridized carbons (Fsp3) is 1.00. The van der Waals surface area contributed by atoms with Crippen molar-refractivity contribution in [1.82, 2.24) is 0 Å². The summed E-state index contributed by atoms with van der Waals surface area (Å²) >= 11 is 0. The molecule has 0 heterocycles. The summed E-state index contributed by atoms with van der Waals surface area (Å²) in [5, 5.41) is 0. The van der Waals surface area contributed by atoms with Crippen LogP contribution in [0.2, 0.25) is 0 Å². The van der Waals surface area contributed by atoms with Crippen LogP contribution in [-0.4, -0.2) is 19.3 Å². The summed E-state index contributed by atoms with van der Waals surface area (Å²) in [4.78, 5) is 0. The van der Waals surface area contributed by atoms with E-state index in [2.05, 4.69) is 13.8 Å². The van der Waals surface area contributed by atoms with Crippen LogP contribution < -0.4 is 5.73 Å². The van der Waals surface area contributed by atoms with Crippen molar-refractivity contribution >= 4 is 0 Å². The van der Waals surface area contributed by atoms with Crippen LogP contribution >= 0.6 is 0 Å². The van der Waals surface area contributed by atoms with Crippen molar-refractivity contribution < 1.29 is 4.74 Å². The van der Waals surface area contributed by atoms with Gasteiger partial charge in [0.15, 0.2) is 0 Å². The molecule has 0 saturated carbocycles. The molecule has 0 aliphatic carbocycles. The second kappa shape index (κ2) is 4.69. The van der Waals surface area contributed by atoms with Crippen molar-refractivity contribution in [3.05, 3.63) is 0 Å². The normalized spacial score (nSPS) is 16.8. The van der Waals surface area contributed by atoms with Gasteiger partial charge in [-0.15, -0.1) is 0 Å². The summed E-state index contributed by atoms with van der Waals surface area (Å²) in [5.41, 5.74) is 5.45. The Balaban J connectivity index is 3.58. The molecule has 0 aliphatic heterocycles. The lowest BCUT2D eigenvalue weighted by atomic mass is 9.99. The van der Waals surface area contributed by atoms with Crippen molar-refractivity contribution in [1.29, 1.82) is 0 Å². The van der Waals surface area contributed by atoms with Gasteiger partial charge in [-0.25, -0.2) is 0 Å². The number of ether oxygens (including phenoxy) is 1. The molecule has 0 aromatic heterocycles. The van der Waals surface area contributed by atoms with E-state index < -0.39 is 0 Å². The van der Waals surface area contributed by atoms with Crippen molar-refractivity contribution in [3.8, 4) is 0 Å². The van der Waals surface area contributed by atoms with Gasteiger partial charge >= 0.3 is 0 Å². The molecule has 2 nitrogen and oxygen atoms in total. The van der Waals surface area contributed by atoms with Crippen LogP contribution in [0.1, 0.15) is 33.1 Å². The van der Waals surface area contributed by atoms with Crippen molar-refractivity contribution in [2.75, 3.05) is 13.7 Å². The maximum Gasteiger partial charge on any atom is 0.0772 e. The number of nitrogens with two attached hydrogens (primary N) is 1. The molecule has 62 valence electrons. The molecule has 0 rings (SSSR count). The second-order valence-electron chi connectivity index (χ2n) is 2.96. The van der Waals surface area contributed by atoms with Crippen molar-refractivity contribution in [2.24, 2.45) is 5.73 Å². The van der Waals surface area contributed by atoms with Crippen molar-refractivity contribution in [2.45, 2.75) is 38.7 Å². The molecule has 0 spiro atoms. The van der Waals surface area contributed by atoms with Crippen LogP contribution in [0.4, 0.5) is 0 Å². The zero-order valence-electron chi connectivity index (χ0n) is 7.31. The third kappa shape index (κ3) is 3.18. The molecule has 0 fully saturated rings. The van der Waals surface area contributed by atoms with E-state index >= 15 is 0 Å². The fourth-order valence-electron chi connectivity index (χ4n) is 0.838. The van der Waals surface area contributed by atoms with Crippen LogP contribution in [0.5, 0.6) is 0 Å². The molecule has 0 saturated heterocycles. The van der Waals surface area contributed by atoms with E-state index in [4.69, 9.17) is 10.5 Å². The third-order valence-electron chi connectivity index (χ3n) is 1.98. The molecular formula is C8H19NO. The van der Waals surface area contributed by atoms with Crippen LogP contribution in [0.3, 0.4) is 0 Å². The van der Waals surface area contributed by atoms with Gasteiger partial charge in [-0.2, -0.15) is 0 Å². The Morgan fingerprint density at radius 3 is 2.40 bits per heavy atom. The molecule has 0 aliphatic rings. The molecule has 10 heavy (non-hydrogen) atoms. The summed E-state index contributed by atoms with van der Waals surface area (Å²) < 4.78 is 5.26. The topological polar surface area (TPSA) is 35.2 Å². The van der Waals surface area contributed by atoms with Crippen LogP contribution in [0.15, 0.2) is 0 Å². The van der Waals surface area contributed by atoms with E-state index in [1.165, 1.54) is 12.8 Å². The highest BCUT2D eigenvalue weighted by atomic mass is 16.5. The Labute approximate surface area is 63.7 Å². The summed E-state index contributed by atoms with van der Waals surface area (Å²) in [6.45, 7) is 4.85. The van der Waals surface area contributed by atoms with Gasteiger partial charge in [0, 0.05) is 13.7 Å². The van der Waals surface area contributed by atoms with E-state index in [-0.39, 0.29) is 5.60 Å². The highest BCUT2D eigenvalue weighted by Crippen LogP contribution is 2.15. The minimum atomic E-state index is -0.0873. The minimum Gasteiger partial charge on any atom is -0.377 e. The molecule has 0 radical (unpaired) electrons. The first-order valence-electron chi connectivity index (χ1n) is 3.93. The highest BCUT2D eigenvalue weighted by molar-refractivity contribution is 4.74. The van der Waals surface area contributed by atoms with Crippen LogP contribution in [0.25, 0.3) is 0 Å². The summed E-state index contributed by atoms with van der Waals surface area (Å²) in [7, 11) is 1.72. The smallest absolute Gasteiger partial charge is 0.0772 e. The zero-order valence-corrected chi connectivity index (χ0v) is 7.31. The van der Waals surface area contributed by atoms with Gasteiger partial charge in [0.25, 0.3) is 0 Å². The fourth-order valence-corrected chi connectivity index (χ4v) is 0.838. The molecule has 0 aromatic carbocycles. The molecule has 0 bridgehead atoms. The van der Waals surface area contributed by atoms with E-state index in [1.807, 2.05) is 0 Å². The van der Waals surface area contributed by atoms with E-state index in [1.54, 1.807) is 7.11 Å². The standard InChI is InChI=1S/C8H19NO/c1-4-5-6-8(2,7-9)10-3/h4-7,9H2,1-3H3/t8-/m0/s1. The summed E-state index contributed by atoms with van der Waals surface area (Å²) in [6.07, 6.45) is 3.47. The minimum absolute atomic E-state index is 0.0873. The van der Waals surface area contributed by atoms with Gasteiger partial charge in [-0.05, 0) is 13.3 Å². The average Bonchev–Trinajstić information content (AvgIpc) is 2.00. The zero-order chi connectivity index (χ0) is 8.04. The Morgan fingerprint density at radius 1 is 1.50 bits per heavy atom. The van der Waals surface area contributed by atoms with Gasteiger partial charge in [-0.1, -0.05) is 19.8 Å². The predicted molar refractivity (Wildman–Crippen MR) is 44.0 cm³/mol. The predicted octanol–water partition coefficient (Wildman–Crippen LogP) is 1.54. The van der Waals surface area contributed by atoms with Gasteiger partial charge in [0.2, 0.25) is 0 Å². The largest absolute Gasteiger partial charge is 0.377 e. The highest BCUT2D eigenvalue weighted by Gasteiger charge is 2.19. The van der Waals surface area contributed by atoms with Crippen LogP contribution in [0, 0.1) is 0 Å². The number of rotatable bonds is 5. The monoisotopic (exact) mass is 145 g/mol. The first kappa shape index (κ1) is 9.92. The van der Waals surface area contributed by atoms with Gasteiger partial charge in [0.05, 0.1) is 5.60 Å². The molecule has 0 aromatic rings.